The highest BCUT2D eigenvalue weighted by Crippen LogP contribution is 2.20. The molecule has 2 rings (SSSR count). The van der Waals surface area contributed by atoms with E-state index in [0.29, 0.717) is 6.04 Å². The number of likely N-dealkylation sites (tertiary alicyclic amines) is 1. The van der Waals surface area contributed by atoms with Crippen molar-refractivity contribution in [3.05, 3.63) is 22.4 Å². The van der Waals surface area contributed by atoms with Gasteiger partial charge in [0.25, 0.3) is 0 Å². The molecule has 0 radical (unpaired) electrons. The number of hydrogen-bond donors (Lipinski definition) is 2. The van der Waals surface area contributed by atoms with Gasteiger partial charge in [0.05, 0.1) is 11.4 Å². The summed E-state index contributed by atoms with van der Waals surface area (Å²) in [5.74, 6) is 0. The zero-order chi connectivity index (χ0) is 13.1. The predicted octanol–water partition coefficient (Wildman–Crippen LogP) is 2.11. The minimum absolute atomic E-state index is 0.324. The highest BCUT2D eigenvalue weighted by molar-refractivity contribution is 9.10. The number of aryl methyl sites for hydroxylation is 1. The Balaban J connectivity index is 1.93. The molecule has 2 amide bonds. The number of urea groups is 1. The van der Waals surface area contributed by atoms with Crippen molar-refractivity contribution in [1.29, 1.82) is 0 Å². The van der Waals surface area contributed by atoms with Crippen LogP contribution in [0.15, 0.2) is 16.7 Å². The third-order valence-electron chi connectivity index (χ3n) is 3.22. The Morgan fingerprint density at radius 2 is 2.17 bits per heavy atom. The summed E-state index contributed by atoms with van der Waals surface area (Å²) in [5, 5.41) is 3.47. The number of hydrogen-bond acceptors (Lipinski definition) is 3. The van der Waals surface area contributed by atoms with Crippen LogP contribution in [-0.4, -0.2) is 35.0 Å². The fourth-order valence-electron chi connectivity index (χ4n) is 2.15. The quantitative estimate of drug-likeness (QED) is 0.822. The first-order chi connectivity index (χ1) is 8.56. The van der Waals surface area contributed by atoms with E-state index in [4.69, 9.17) is 5.73 Å². The maximum absolute atomic E-state index is 11.0. The van der Waals surface area contributed by atoms with Crippen LogP contribution in [0.2, 0.25) is 0 Å². The Morgan fingerprint density at radius 3 is 2.72 bits per heavy atom. The SMILES string of the molecule is Cc1nc(Br)ccc1NC1CCN(C(N)=O)CC1. The van der Waals surface area contributed by atoms with Gasteiger partial charge in [-0.15, -0.1) is 0 Å². The van der Waals surface area contributed by atoms with Gasteiger partial charge in [-0.05, 0) is 47.8 Å². The van der Waals surface area contributed by atoms with Crippen LogP contribution in [0.1, 0.15) is 18.5 Å². The summed E-state index contributed by atoms with van der Waals surface area (Å²) < 4.78 is 0.842. The fraction of sp³-hybridized carbons (Fsp3) is 0.500. The maximum Gasteiger partial charge on any atom is 0.314 e. The van der Waals surface area contributed by atoms with Crippen molar-refractivity contribution in [1.82, 2.24) is 9.88 Å². The van der Waals surface area contributed by atoms with Gasteiger partial charge in [0, 0.05) is 19.1 Å². The van der Waals surface area contributed by atoms with Gasteiger partial charge >= 0.3 is 6.03 Å². The highest BCUT2D eigenvalue weighted by atomic mass is 79.9. The molecule has 0 spiro atoms. The Bertz CT molecular complexity index is 444. The van der Waals surface area contributed by atoms with Crippen LogP contribution in [0, 0.1) is 6.92 Å². The van der Waals surface area contributed by atoms with Crippen molar-refractivity contribution in [2.75, 3.05) is 18.4 Å². The number of halogens is 1. The normalized spacial score (nSPS) is 16.7. The van der Waals surface area contributed by atoms with Crippen molar-refractivity contribution >= 4 is 27.6 Å². The lowest BCUT2D eigenvalue weighted by Crippen LogP contribution is -2.44. The maximum atomic E-state index is 11.0. The number of rotatable bonds is 2. The van der Waals surface area contributed by atoms with Gasteiger partial charge in [0.2, 0.25) is 0 Å². The van der Waals surface area contributed by atoms with E-state index < -0.39 is 0 Å². The van der Waals surface area contributed by atoms with Crippen molar-refractivity contribution in [3.8, 4) is 0 Å². The summed E-state index contributed by atoms with van der Waals surface area (Å²) in [7, 11) is 0. The van der Waals surface area contributed by atoms with Crippen LogP contribution in [0.4, 0.5) is 10.5 Å². The minimum atomic E-state index is -0.324. The summed E-state index contributed by atoms with van der Waals surface area (Å²) in [6.07, 6.45) is 1.83. The van der Waals surface area contributed by atoms with Gasteiger partial charge in [0.15, 0.2) is 0 Å². The third kappa shape index (κ3) is 3.13. The molecule has 2 heterocycles. The van der Waals surface area contributed by atoms with E-state index in [1.54, 1.807) is 4.90 Å². The number of primary amides is 1. The second-order valence-electron chi connectivity index (χ2n) is 4.51. The minimum Gasteiger partial charge on any atom is -0.381 e. The van der Waals surface area contributed by atoms with E-state index >= 15 is 0 Å². The number of nitrogens with one attached hydrogen (secondary N) is 1. The Labute approximate surface area is 115 Å². The van der Waals surface area contributed by atoms with Gasteiger partial charge < -0.3 is 16.0 Å². The fourth-order valence-corrected chi connectivity index (χ4v) is 2.55. The van der Waals surface area contributed by atoms with E-state index in [2.05, 4.69) is 26.2 Å². The van der Waals surface area contributed by atoms with Crippen LogP contribution < -0.4 is 11.1 Å². The summed E-state index contributed by atoms with van der Waals surface area (Å²) in [4.78, 5) is 17.1. The summed E-state index contributed by atoms with van der Waals surface area (Å²) in [5.41, 5.74) is 7.28. The van der Waals surface area contributed by atoms with Gasteiger partial charge in [-0.25, -0.2) is 9.78 Å². The number of amides is 2. The van der Waals surface area contributed by atoms with E-state index in [0.717, 1.165) is 41.9 Å². The lowest BCUT2D eigenvalue weighted by molar-refractivity contribution is 0.193. The van der Waals surface area contributed by atoms with Crippen molar-refractivity contribution in [2.24, 2.45) is 5.73 Å². The molecule has 1 aliphatic heterocycles. The predicted molar refractivity (Wildman–Crippen MR) is 74.5 cm³/mol. The zero-order valence-electron chi connectivity index (χ0n) is 10.3. The van der Waals surface area contributed by atoms with Crippen LogP contribution in [-0.2, 0) is 0 Å². The molecule has 1 aromatic rings. The molecular weight excluding hydrogens is 296 g/mol. The molecule has 0 bridgehead atoms. The van der Waals surface area contributed by atoms with E-state index in [1.165, 1.54) is 0 Å². The number of pyridine rings is 1. The largest absolute Gasteiger partial charge is 0.381 e. The second-order valence-corrected chi connectivity index (χ2v) is 5.32. The molecule has 0 aromatic carbocycles. The lowest BCUT2D eigenvalue weighted by Gasteiger charge is -2.31. The molecule has 6 heteroatoms. The molecule has 0 unspecified atom stereocenters. The molecule has 5 nitrogen and oxygen atoms in total. The molecule has 98 valence electrons. The molecular formula is C12H17BrN4O. The smallest absolute Gasteiger partial charge is 0.314 e. The van der Waals surface area contributed by atoms with Gasteiger partial charge in [-0.1, -0.05) is 0 Å². The molecule has 18 heavy (non-hydrogen) atoms. The number of carbonyl (C=O) groups is 1. The first-order valence-corrected chi connectivity index (χ1v) is 6.79. The standard InChI is InChI=1S/C12H17BrN4O/c1-8-10(2-3-11(13)15-8)16-9-4-6-17(7-5-9)12(14)18/h2-3,9,16H,4-7H2,1H3,(H2,14,18). The first kappa shape index (κ1) is 13.1. The number of nitrogens with two attached hydrogens (primary N) is 1. The molecule has 1 aromatic heterocycles. The number of nitrogens with zero attached hydrogens (tertiary/aromatic N) is 2. The average molecular weight is 313 g/mol. The molecule has 1 aliphatic rings. The number of piperidine rings is 1. The summed E-state index contributed by atoms with van der Waals surface area (Å²) in [6, 6.07) is 4.00. The Kier molecular flexibility index (Phi) is 4.06. The number of aromatic nitrogens is 1. The molecule has 0 atom stereocenters. The van der Waals surface area contributed by atoms with Crippen molar-refractivity contribution in [2.45, 2.75) is 25.8 Å². The van der Waals surface area contributed by atoms with Crippen molar-refractivity contribution < 1.29 is 4.79 Å². The highest BCUT2D eigenvalue weighted by Gasteiger charge is 2.21. The molecule has 0 aliphatic carbocycles. The Morgan fingerprint density at radius 1 is 1.50 bits per heavy atom. The van der Waals surface area contributed by atoms with E-state index in [1.807, 2.05) is 19.1 Å². The Hall–Kier alpha value is -1.30. The number of anilines is 1. The van der Waals surface area contributed by atoms with Crippen molar-refractivity contribution in [3.63, 3.8) is 0 Å². The number of carbonyl (C=O) groups excluding carboxylic acids is 1. The topological polar surface area (TPSA) is 71.2 Å². The summed E-state index contributed by atoms with van der Waals surface area (Å²) in [6.45, 7) is 3.41. The third-order valence-corrected chi connectivity index (χ3v) is 3.66. The van der Waals surface area contributed by atoms with Gasteiger partial charge in [-0.3, -0.25) is 0 Å². The van der Waals surface area contributed by atoms with E-state index in [9.17, 15) is 4.79 Å². The monoisotopic (exact) mass is 312 g/mol. The molecule has 1 fully saturated rings. The molecule has 3 N–H and O–H groups in total. The van der Waals surface area contributed by atoms with E-state index in [-0.39, 0.29) is 6.03 Å². The lowest BCUT2D eigenvalue weighted by atomic mass is 10.0. The second kappa shape index (κ2) is 5.56. The first-order valence-electron chi connectivity index (χ1n) is 6.00. The van der Waals surface area contributed by atoms with Gasteiger partial charge in [0.1, 0.15) is 4.60 Å². The average Bonchev–Trinajstić information content (AvgIpc) is 2.33. The van der Waals surface area contributed by atoms with Crippen LogP contribution >= 0.6 is 15.9 Å². The van der Waals surface area contributed by atoms with Crippen LogP contribution in [0.25, 0.3) is 0 Å². The zero-order valence-corrected chi connectivity index (χ0v) is 11.9. The van der Waals surface area contributed by atoms with Crippen LogP contribution in [0.3, 0.4) is 0 Å². The molecule has 1 saturated heterocycles. The van der Waals surface area contributed by atoms with Gasteiger partial charge in [-0.2, -0.15) is 0 Å². The molecule has 0 saturated carbocycles. The summed E-state index contributed by atoms with van der Waals surface area (Å²) >= 11 is 3.35. The van der Waals surface area contributed by atoms with Crippen LogP contribution in [0.5, 0.6) is 0 Å².